The van der Waals surface area contributed by atoms with Gasteiger partial charge in [0.2, 0.25) is 11.6 Å². The smallest absolute Gasteiger partial charge is 0.361 e. The third-order valence-corrected chi connectivity index (χ3v) is 3.61. The first kappa shape index (κ1) is 16.3. The van der Waals surface area contributed by atoms with Crippen molar-refractivity contribution < 1.29 is 23.8 Å². The van der Waals surface area contributed by atoms with Crippen LogP contribution in [0.5, 0.6) is 0 Å². The SMILES string of the molecule is CC(C)OC(=O)c1nnn(-c2nonc2N)c1C[NH+]1CCOCC1. The molecule has 3 heterocycles. The Morgan fingerprint density at radius 1 is 1.38 bits per heavy atom. The number of carbonyl (C=O) groups excluding carboxylic acids is 1. The normalized spacial score (nSPS) is 15.8. The van der Waals surface area contributed by atoms with Gasteiger partial charge in [0.05, 0.1) is 19.3 Å². The summed E-state index contributed by atoms with van der Waals surface area (Å²) in [6.45, 7) is 7.01. The number of hydrogen-bond acceptors (Lipinski definition) is 9. The Labute approximate surface area is 137 Å². The van der Waals surface area contributed by atoms with Gasteiger partial charge >= 0.3 is 5.97 Å². The summed E-state index contributed by atoms with van der Waals surface area (Å²) in [5, 5.41) is 15.2. The van der Waals surface area contributed by atoms with Gasteiger partial charge in [-0.2, -0.15) is 4.68 Å². The van der Waals surface area contributed by atoms with Crippen molar-refractivity contribution in [2.75, 3.05) is 32.0 Å². The van der Waals surface area contributed by atoms with Crippen LogP contribution in [0.3, 0.4) is 0 Å². The van der Waals surface area contributed by atoms with Gasteiger partial charge in [-0.3, -0.25) is 0 Å². The number of aromatic nitrogens is 5. The number of nitrogens with zero attached hydrogens (tertiary/aromatic N) is 5. The van der Waals surface area contributed by atoms with E-state index in [1.165, 1.54) is 9.58 Å². The van der Waals surface area contributed by atoms with Crippen LogP contribution in [0.25, 0.3) is 5.82 Å². The Hall–Kier alpha value is -2.53. The van der Waals surface area contributed by atoms with Crippen molar-refractivity contribution in [3.63, 3.8) is 0 Å². The molecule has 2 aromatic rings. The highest BCUT2D eigenvalue weighted by Gasteiger charge is 2.29. The van der Waals surface area contributed by atoms with Crippen molar-refractivity contribution >= 4 is 11.8 Å². The Morgan fingerprint density at radius 2 is 2.12 bits per heavy atom. The zero-order valence-corrected chi connectivity index (χ0v) is 13.6. The Morgan fingerprint density at radius 3 is 2.75 bits per heavy atom. The van der Waals surface area contributed by atoms with Gasteiger partial charge in [0.15, 0.2) is 5.69 Å². The van der Waals surface area contributed by atoms with Crippen molar-refractivity contribution in [2.24, 2.45) is 0 Å². The van der Waals surface area contributed by atoms with E-state index in [2.05, 4.69) is 25.3 Å². The summed E-state index contributed by atoms with van der Waals surface area (Å²) in [6, 6.07) is 0. The van der Waals surface area contributed by atoms with Crippen molar-refractivity contribution in [3.8, 4) is 5.82 Å². The zero-order valence-electron chi connectivity index (χ0n) is 13.6. The molecule has 1 fully saturated rings. The number of nitrogens with one attached hydrogen (secondary N) is 1. The highest BCUT2D eigenvalue weighted by atomic mass is 16.6. The number of nitrogen functional groups attached to an aromatic ring is 1. The maximum absolute atomic E-state index is 12.3. The molecular formula is C13H20N7O4+. The van der Waals surface area contributed by atoms with Crippen LogP contribution in [0, 0.1) is 0 Å². The van der Waals surface area contributed by atoms with E-state index in [0.29, 0.717) is 25.5 Å². The van der Waals surface area contributed by atoms with E-state index in [1.54, 1.807) is 13.8 Å². The van der Waals surface area contributed by atoms with Gasteiger partial charge in [0.1, 0.15) is 25.3 Å². The summed E-state index contributed by atoms with van der Waals surface area (Å²) in [4.78, 5) is 13.6. The number of nitrogens with two attached hydrogens (primary N) is 1. The van der Waals surface area contributed by atoms with Gasteiger partial charge in [-0.25, -0.2) is 9.42 Å². The second-order valence-electron chi connectivity index (χ2n) is 5.76. The highest BCUT2D eigenvalue weighted by Crippen LogP contribution is 2.16. The van der Waals surface area contributed by atoms with Crippen molar-refractivity contribution in [1.82, 2.24) is 25.3 Å². The first-order valence-electron chi connectivity index (χ1n) is 7.71. The molecule has 0 spiro atoms. The Kier molecular flexibility index (Phi) is 4.71. The minimum absolute atomic E-state index is 0.0712. The predicted molar refractivity (Wildman–Crippen MR) is 79.4 cm³/mol. The lowest BCUT2D eigenvalue weighted by atomic mass is 10.2. The molecule has 0 unspecified atom stereocenters. The summed E-state index contributed by atoms with van der Waals surface area (Å²) in [5.74, 6) is -0.260. The molecule has 0 amide bonds. The van der Waals surface area contributed by atoms with Gasteiger partial charge in [-0.05, 0) is 24.2 Å². The lowest BCUT2D eigenvalue weighted by Crippen LogP contribution is -3.12. The summed E-state index contributed by atoms with van der Waals surface area (Å²) in [7, 11) is 0. The number of quaternary nitrogens is 1. The fourth-order valence-electron chi connectivity index (χ4n) is 2.47. The molecule has 11 nitrogen and oxygen atoms in total. The van der Waals surface area contributed by atoms with E-state index in [4.69, 9.17) is 15.2 Å². The lowest BCUT2D eigenvalue weighted by Gasteiger charge is -2.23. The zero-order chi connectivity index (χ0) is 17.1. The van der Waals surface area contributed by atoms with E-state index >= 15 is 0 Å². The summed E-state index contributed by atoms with van der Waals surface area (Å²) in [5.41, 5.74) is 6.44. The molecular weight excluding hydrogens is 318 g/mol. The monoisotopic (exact) mass is 338 g/mol. The van der Waals surface area contributed by atoms with Crippen molar-refractivity contribution in [3.05, 3.63) is 11.4 Å². The maximum Gasteiger partial charge on any atom is 0.361 e. The number of morpholine rings is 1. The molecule has 2 aromatic heterocycles. The van der Waals surface area contributed by atoms with Crippen LogP contribution in [-0.4, -0.2) is 63.7 Å². The minimum Gasteiger partial charge on any atom is -0.458 e. The second-order valence-corrected chi connectivity index (χ2v) is 5.76. The second kappa shape index (κ2) is 6.93. The predicted octanol–water partition coefficient (Wildman–Crippen LogP) is -1.79. The average molecular weight is 338 g/mol. The van der Waals surface area contributed by atoms with Gasteiger partial charge in [-0.1, -0.05) is 5.21 Å². The third kappa shape index (κ3) is 3.36. The molecule has 3 N–H and O–H groups in total. The first-order chi connectivity index (χ1) is 11.6. The van der Waals surface area contributed by atoms with Gasteiger partial charge in [0.25, 0.3) is 0 Å². The van der Waals surface area contributed by atoms with E-state index < -0.39 is 5.97 Å². The van der Waals surface area contributed by atoms with Crippen LogP contribution in [0.4, 0.5) is 5.82 Å². The number of esters is 1. The quantitative estimate of drug-likeness (QED) is 0.606. The molecule has 130 valence electrons. The van der Waals surface area contributed by atoms with Gasteiger partial charge in [-0.15, -0.1) is 5.10 Å². The standard InChI is InChI=1S/C13H19N7O4/c1-8(2)23-13(21)10-9(7-19-3-5-22-6-4-19)20(18-15-10)12-11(14)16-24-17-12/h8H,3-7H2,1-2H3,(H2,14,16)/p+1. The number of hydrogen-bond donors (Lipinski definition) is 2. The topological polar surface area (TPSA) is 136 Å². The molecule has 11 heteroatoms. The van der Waals surface area contributed by atoms with E-state index in [1.807, 2.05) is 0 Å². The molecule has 1 saturated heterocycles. The molecule has 0 atom stereocenters. The number of carbonyl (C=O) groups is 1. The van der Waals surface area contributed by atoms with E-state index in [9.17, 15) is 4.79 Å². The first-order valence-corrected chi connectivity index (χ1v) is 7.71. The Bertz CT molecular complexity index is 705. The molecule has 3 rings (SSSR count). The third-order valence-electron chi connectivity index (χ3n) is 3.61. The highest BCUT2D eigenvalue weighted by molar-refractivity contribution is 5.88. The Balaban J connectivity index is 1.95. The number of anilines is 1. The molecule has 1 aliphatic heterocycles. The van der Waals surface area contributed by atoms with Crippen LogP contribution in [0.15, 0.2) is 4.63 Å². The van der Waals surface area contributed by atoms with Crippen LogP contribution in [0.1, 0.15) is 30.0 Å². The maximum atomic E-state index is 12.3. The molecule has 0 aromatic carbocycles. The van der Waals surface area contributed by atoms with Gasteiger partial charge < -0.3 is 20.1 Å². The van der Waals surface area contributed by atoms with Crippen LogP contribution in [-0.2, 0) is 16.0 Å². The van der Waals surface area contributed by atoms with Crippen LogP contribution < -0.4 is 10.6 Å². The average Bonchev–Trinajstić information content (AvgIpc) is 3.13. The largest absolute Gasteiger partial charge is 0.458 e. The molecule has 0 bridgehead atoms. The van der Waals surface area contributed by atoms with Crippen LogP contribution in [0.2, 0.25) is 0 Å². The molecule has 0 radical (unpaired) electrons. The van der Waals surface area contributed by atoms with E-state index in [-0.39, 0.29) is 23.4 Å². The molecule has 0 aliphatic carbocycles. The van der Waals surface area contributed by atoms with E-state index in [0.717, 1.165) is 13.1 Å². The minimum atomic E-state index is -0.533. The van der Waals surface area contributed by atoms with Crippen molar-refractivity contribution in [1.29, 1.82) is 0 Å². The number of ether oxygens (including phenoxy) is 2. The molecule has 0 saturated carbocycles. The fraction of sp³-hybridized carbons (Fsp3) is 0.615. The molecule has 1 aliphatic rings. The summed E-state index contributed by atoms with van der Waals surface area (Å²) >= 11 is 0. The molecule has 24 heavy (non-hydrogen) atoms. The van der Waals surface area contributed by atoms with Crippen molar-refractivity contribution in [2.45, 2.75) is 26.5 Å². The lowest BCUT2D eigenvalue weighted by molar-refractivity contribution is -0.921. The number of rotatable bonds is 5. The summed E-state index contributed by atoms with van der Waals surface area (Å²) in [6.07, 6.45) is -0.259. The summed E-state index contributed by atoms with van der Waals surface area (Å²) < 4.78 is 16.6. The van der Waals surface area contributed by atoms with Crippen LogP contribution >= 0.6 is 0 Å². The van der Waals surface area contributed by atoms with Gasteiger partial charge in [0, 0.05) is 0 Å². The fourth-order valence-corrected chi connectivity index (χ4v) is 2.47.